The standard InChI is InChI=1S/C25H17ClF3N3O3/c1-31(21-17(26)10-12(11-30-21)25(27,28)29)32-22(33)19-18-13-6-2-4-8-15(13)24(35,20(19)23(32)34)16-9-5-3-7-14(16)18/h2-11,18-20,35H,1H3/t18?,19-,20+,24?/m0/s1. The number of anilines is 1. The third kappa shape index (κ3) is 2.73. The molecule has 3 aromatic rings. The molecule has 0 spiro atoms. The second kappa shape index (κ2) is 7.05. The van der Waals surface area contributed by atoms with Gasteiger partial charge in [-0.3, -0.25) is 14.6 Å². The number of hydrogen-bond acceptors (Lipinski definition) is 5. The smallest absolute Gasteiger partial charge is 0.379 e. The van der Waals surface area contributed by atoms with Crippen LogP contribution in [0.15, 0.2) is 60.8 Å². The normalized spacial score (nSPS) is 26.5. The van der Waals surface area contributed by atoms with Crippen molar-refractivity contribution >= 4 is 29.2 Å². The van der Waals surface area contributed by atoms with Crippen LogP contribution in [0.3, 0.4) is 0 Å². The number of benzene rings is 2. The SMILES string of the molecule is CN(c1ncc(C(F)(F)F)cc1Cl)N1C(=O)[C@H]2C3c4ccccc4C(O)(c4ccccc43)[C@H]2C1=O. The van der Waals surface area contributed by atoms with Crippen molar-refractivity contribution in [2.24, 2.45) is 11.8 Å². The number of aliphatic hydroxyl groups is 1. The summed E-state index contributed by atoms with van der Waals surface area (Å²) >= 11 is 6.10. The van der Waals surface area contributed by atoms with E-state index in [4.69, 9.17) is 11.6 Å². The Morgan fingerprint density at radius 2 is 1.60 bits per heavy atom. The lowest BCUT2D eigenvalue weighted by molar-refractivity contribution is -0.143. The lowest BCUT2D eigenvalue weighted by Crippen LogP contribution is -2.53. The van der Waals surface area contributed by atoms with Crippen molar-refractivity contribution in [3.05, 3.63) is 93.6 Å². The van der Waals surface area contributed by atoms with Crippen LogP contribution in [0.4, 0.5) is 19.0 Å². The maximum Gasteiger partial charge on any atom is 0.417 e. The third-order valence-electron chi connectivity index (χ3n) is 7.31. The Hall–Kier alpha value is -3.43. The molecule has 2 amide bonds. The van der Waals surface area contributed by atoms with Gasteiger partial charge in [0.2, 0.25) is 0 Å². The molecule has 1 aromatic heterocycles. The van der Waals surface area contributed by atoms with Crippen LogP contribution in [0.25, 0.3) is 0 Å². The first kappa shape index (κ1) is 22.1. The van der Waals surface area contributed by atoms with Gasteiger partial charge in [0.05, 0.1) is 22.4 Å². The largest absolute Gasteiger partial charge is 0.417 e. The van der Waals surface area contributed by atoms with Crippen LogP contribution in [0.5, 0.6) is 0 Å². The van der Waals surface area contributed by atoms with Gasteiger partial charge >= 0.3 is 6.18 Å². The zero-order chi connectivity index (χ0) is 24.9. The molecule has 1 aliphatic heterocycles. The van der Waals surface area contributed by atoms with Crippen molar-refractivity contribution in [3.8, 4) is 0 Å². The number of hydrogen-bond donors (Lipinski definition) is 1. The third-order valence-corrected chi connectivity index (χ3v) is 7.58. The number of hydrazine groups is 1. The number of rotatable bonds is 2. The van der Waals surface area contributed by atoms with Gasteiger partial charge in [-0.05, 0) is 28.3 Å². The highest BCUT2D eigenvalue weighted by atomic mass is 35.5. The van der Waals surface area contributed by atoms with Crippen molar-refractivity contribution in [2.75, 3.05) is 12.1 Å². The van der Waals surface area contributed by atoms with Gasteiger partial charge in [-0.25, -0.2) is 4.98 Å². The molecular formula is C25H17ClF3N3O3. The summed E-state index contributed by atoms with van der Waals surface area (Å²) in [5.41, 5.74) is -0.113. The second-order valence-electron chi connectivity index (χ2n) is 8.96. The van der Waals surface area contributed by atoms with E-state index in [0.29, 0.717) is 23.4 Å². The van der Waals surface area contributed by atoms with Crippen molar-refractivity contribution < 1.29 is 27.9 Å². The molecule has 2 bridgehead atoms. The molecule has 2 heterocycles. The van der Waals surface area contributed by atoms with Crippen LogP contribution in [0, 0.1) is 11.8 Å². The highest BCUT2D eigenvalue weighted by Gasteiger charge is 2.68. The van der Waals surface area contributed by atoms with E-state index in [2.05, 4.69) is 4.98 Å². The first-order valence-electron chi connectivity index (χ1n) is 10.8. The average molecular weight is 500 g/mol. The predicted octanol–water partition coefficient (Wildman–Crippen LogP) is 4.10. The maximum atomic E-state index is 13.8. The summed E-state index contributed by atoms with van der Waals surface area (Å²) in [7, 11) is 1.33. The van der Waals surface area contributed by atoms with Gasteiger partial charge in [0.25, 0.3) is 11.8 Å². The molecule has 35 heavy (non-hydrogen) atoms. The summed E-state index contributed by atoms with van der Waals surface area (Å²) in [5, 5.41) is 13.7. The first-order chi connectivity index (χ1) is 16.6. The van der Waals surface area contributed by atoms with Crippen molar-refractivity contribution in [2.45, 2.75) is 17.7 Å². The fourth-order valence-corrected chi connectivity index (χ4v) is 6.22. The molecule has 0 radical (unpaired) electrons. The monoisotopic (exact) mass is 499 g/mol. The minimum Gasteiger partial charge on any atom is -0.379 e. The lowest BCUT2D eigenvalue weighted by Gasteiger charge is -2.51. The van der Waals surface area contributed by atoms with E-state index in [1.54, 1.807) is 24.3 Å². The number of halogens is 4. The first-order valence-corrected chi connectivity index (χ1v) is 11.2. The summed E-state index contributed by atoms with van der Waals surface area (Å²) in [6.45, 7) is 0. The summed E-state index contributed by atoms with van der Waals surface area (Å²) < 4.78 is 39.2. The number of carbonyl (C=O) groups excluding carboxylic acids is 2. The van der Waals surface area contributed by atoms with E-state index in [-0.39, 0.29) is 10.8 Å². The Kier molecular flexibility index (Phi) is 4.44. The molecule has 178 valence electrons. The summed E-state index contributed by atoms with van der Waals surface area (Å²) in [6, 6.07) is 15.1. The van der Waals surface area contributed by atoms with E-state index < -0.39 is 46.9 Å². The molecule has 6 nitrogen and oxygen atoms in total. The van der Waals surface area contributed by atoms with Gasteiger partial charge in [0.1, 0.15) is 5.60 Å². The van der Waals surface area contributed by atoms with Crippen LogP contribution in [0.2, 0.25) is 5.02 Å². The molecule has 4 aliphatic rings. The minimum atomic E-state index is -4.65. The van der Waals surface area contributed by atoms with Gasteiger partial charge in [-0.2, -0.15) is 18.2 Å². The van der Waals surface area contributed by atoms with E-state index in [0.717, 1.165) is 21.1 Å². The number of nitrogens with zero attached hydrogens (tertiary/aromatic N) is 3. The molecule has 10 heteroatoms. The summed E-state index contributed by atoms with van der Waals surface area (Å²) in [6.07, 6.45) is -4.05. The van der Waals surface area contributed by atoms with Crippen LogP contribution >= 0.6 is 11.6 Å². The van der Waals surface area contributed by atoms with Gasteiger partial charge in [-0.15, -0.1) is 0 Å². The fraction of sp³-hybridized carbons (Fsp3) is 0.240. The molecule has 2 atom stereocenters. The predicted molar refractivity (Wildman–Crippen MR) is 119 cm³/mol. The minimum absolute atomic E-state index is 0.186. The zero-order valence-electron chi connectivity index (χ0n) is 18.1. The van der Waals surface area contributed by atoms with E-state index in [1.165, 1.54) is 7.05 Å². The number of imide groups is 1. The van der Waals surface area contributed by atoms with Crippen molar-refractivity contribution in [3.63, 3.8) is 0 Å². The average Bonchev–Trinajstić information content (AvgIpc) is 3.10. The van der Waals surface area contributed by atoms with Crippen LogP contribution < -0.4 is 5.01 Å². The molecule has 2 aromatic carbocycles. The number of carbonyl (C=O) groups is 2. The Bertz CT molecular complexity index is 1380. The van der Waals surface area contributed by atoms with Crippen LogP contribution in [-0.4, -0.2) is 34.0 Å². The fourth-order valence-electron chi connectivity index (χ4n) is 5.93. The van der Waals surface area contributed by atoms with Gasteiger partial charge in [-0.1, -0.05) is 60.1 Å². The summed E-state index contributed by atoms with van der Waals surface area (Å²) in [5.74, 6) is -3.90. The maximum absolute atomic E-state index is 13.8. The molecular weight excluding hydrogens is 483 g/mol. The summed E-state index contributed by atoms with van der Waals surface area (Å²) in [4.78, 5) is 31.3. The second-order valence-corrected chi connectivity index (χ2v) is 9.37. The van der Waals surface area contributed by atoms with Crippen molar-refractivity contribution in [1.29, 1.82) is 0 Å². The topological polar surface area (TPSA) is 73.7 Å². The molecule has 1 saturated heterocycles. The number of alkyl halides is 3. The van der Waals surface area contributed by atoms with Gasteiger partial charge in [0, 0.05) is 19.2 Å². The van der Waals surface area contributed by atoms with Gasteiger partial charge < -0.3 is 5.11 Å². The lowest BCUT2D eigenvalue weighted by atomic mass is 9.52. The Balaban J connectivity index is 1.48. The highest BCUT2D eigenvalue weighted by Crippen LogP contribution is 2.63. The Morgan fingerprint density at radius 1 is 1.03 bits per heavy atom. The van der Waals surface area contributed by atoms with Crippen molar-refractivity contribution in [1.82, 2.24) is 9.99 Å². The highest BCUT2D eigenvalue weighted by molar-refractivity contribution is 6.33. The van der Waals surface area contributed by atoms with Crippen LogP contribution in [-0.2, 0) is 21.4 Å². The van der Waals surface area contributed by atoms with E-state index in [1.807, 2.05) is 24.3 Å². The molecule has 7 rings (SSSR count). The number of amides is 2. The van der Waals surface area contributed by atoms with E-state index in [9.17, 15) is 27.9 Å². The molecule has 0 unspecified atom stereocenters. The molecule has 1 fully saturated rings. The van der Waals surface area contributed by atoms with Gasteiger partial charge in [0.15, 0.2) is 5.82 Å². The zero-order valence-corrected chi connectivity index (χ0v) is 18.9. The Morgan fingerprint density at radius 3 is 2.14 bits per heavy atom. The quantitative estimate of drug-likeness (QED) is 0.537. The Labute approximate surface area is 202 Å². The molecule has 0 saturated carbocycles. The molecule has 3 aliphatic carbocycles. The number of pyridine rings is 1. The van der Waals surface area contributed by atoms with E-state index >= 15 is 0 Å². The number of aromatic nitrogens is 1. The van der Waals surface area contributed by atoms with Crippen LogP contribution in [0.1, 0.15) is 33.7 Å². The molecule has 1 N–H and O–H groups in total.